The highest BCUT2D eigenvalue weighted by molar-refractivity contribution is 9.11. The summed E-state index contributed by atoms with van der Waals surface area (Å²) in [6, 6.07) is 2.06. The van der Waals surface area contributed by atoms with E-state index in [1.54, 1.807) is 18.4 Å². The molecule has 0 aromatic carbocycles. The lowest BCUT2D eigenvalue weighted by Crippen LogP contribution is -2.07. The molecule has 0 aliphatic carbocycles. The third-order valence-electron chi connectivity index (χ3n) is 2.82. The van der Waals surface area contributed by atoms with Crippen LogP contribution in [0.15, 0.2) is 15.0 Å². The van der Waals surface area contributed by atoms with Crippen LogP contribution in [-0.4, -0.2) is 23.6 Å². The number of methoxy groups -OCH3 is 1. The fourth-order valence-electron chi connectivity index (χ4n) is 1.77. The molecule has 0 bridgehead atoms. The Morgan fingerprint density at radius 3 is 2.67 bits per heavy atom. The molecule has 0 amide bonds. The second-order valence-corrected chi connectivity index (χ2v) is 7.43. The average molecular weight is 435 g/mol. The fourth-order valence-corrected chi connectivity index (χ4v) is 3.67. The minimum absolute atomic E-state index is 0.447. The van der Waals surface area contributed by atoms with Crippen molar-refractivity contribution >= 4 is 49.0 Å². The molecule has 2 aromatic heterocycles. The van der Waals surface area contributed by atoms with E-state index >= 15 is 0 Å². The van der Waals surface area contributed by atoms with E-state index in [0.717, 1.165) is 44.1 Å². The van der Waals surface area contributed by atoms with Gasteiger partial charge in [0.25, 0.3) is 0 Å². The second-order valence-electron chi connectivity index (χ2n) is 4.53. The molecule has 0 unspecified atom stereocenters. The van der Waals surface area contributed by atoms with Crippen LogP contribution in [0.1, 0.15) is 23.9 Å². The van der Waals surface area contributed by atoms with E-state index < -0.39 is 0 Å². The molecule has 0 saturated carbocycles. The van der Waals surface area contributed by atoms with E-state index in [9.17, 15) is 0 Å². The number of thiophene rings is 1. The van der Waals surface area contributed by atoms with Crippen molar-refractivity contribution in [2.45, 2.75) is 26.9 Å². The number of aryl methyl sites for hydroxylation is 1. The number of anilines is 1. The molecule has 0 saturated heterocycles. The van der Waals surface area contributed by atoms with Gasteiger partial charge in [0, 0.05) is 23.0 Å². The van der Waals surface area contributed by atoms with Gasteiger partial charge in [0.05, 0.1) is 21.7 Å². The zero-order valence-electron chi connectivity index (χ0n) is 12.2. The number of hydrogen-bond acceptors (Lipinski definition) is 5. The minimum Gasteiger partial charge on any atom is -0.378 e. The number of rotatable bonds is 6. The quantitative estimate of drug-likeness (QED) is 0.694. The molecule has 0 spiro atoms. The maximum absolute atomic E-state index is 5.23. The van der Waals surface area contributed by atoms with Crippen molar-refractivity contribution in [3.8, 4) is 10.7 Å². The number of halogens is 2. The maximum Gasteiger partial charge on any atom is 0.172 e. The van der Waals surface area contributed by atoms with Gasteiger partial charge >= 0.3 is 0 Å². The van der Waals surface area contributed by atoms with Crippen LogP contribution in [0.25, 0.3) is 10.7 Å². The summed E-state index contributed by atoms with van der Waals surface area (Å²) in [6.07, 6.45) is 1.04. The van der Waals surface area contributed by atoms with Crippen molar-refractivity contribution in [2.24, 2.45) is 0 Å². The Kier molecular flexibility index (Phi) is 6.16. The molecule has 0 atom stereocenters. The van der Waals surface area contributed by atoms with Crippen molar-refractivity contribution in [1.82, 2.24) is 9.97 Å². The first-order chi connectivity index (χ1) is 10.1. The summed E-state index contributed by atoms with van der Waals surface area (Å²) in [4.78, 5) is 11.5. The number of nitrogens with zero attached hydrogens (tertiary/aromatic N) is 2. The molecule has 2 heterocycles. The molecule has 4 nitrogen and oxygen atoms in total. The van der Waals surface area contributed by atoms with Gasteiger partial charge in [-0.15, -0.1) is 11.3 Å². The van der Waals surface area contributed by atoms with Crippen molar-refractivity contribution in [3.63, 3.8) is 0 Å². The summed E-state index contributed by atoms with van der Waals surface area (Å²) < 4.78 is 7.19. The van der Waals surface area contributed by atoms with Gasteiger partial charge < -0.3 is 10.1 Å². The van der Waals surface area contributed by atoms with Crippen molar-refractivity contribution in [2.75, 3.05) is 19.0 Å². The highest BCUT2D eigenvalue weighted by atomic mass is 79.9. The maximum atomic E-state index is 5.23. The Hall–Kier alpha value is -0.500. The van der Waals surface area contributed by atoms with Gasteiger partial charge in [0.15, 0.2) is 5.82 Å². The van der Waals surface area contributed by atoms with Gasteiger partial charge in [-0.2, -0.15) is 0 Å². The number of ether oxygens (including phenoxy) is 1. The minimum atomic E-state index is 0.447. The van der Waals surface area contributed by atoms with Gasteiger partial charge in [-0.25, -0.2) is 9.97 Å². The van der Waals surface area contributed by atoms with Crippen LogP contribution in [0.5, 0.6) is 0 Å². The van der Waals surface area contributed by atoms with E-state index in [0.29, 0.717) is 6.61 Å². The van der Waals surface area contributed by atoms with Crippen LogP contribution >= 0.6 is 43.2 Å². The number of nitrogens with one attached hydrogen (secondary N) is 1. The van der Waals surface area contributed by atoms with E-state index in [2.05, 4.69) is 67.1 Å². The standard InChI is InChI=1S/C14H17Br2N3OS/c1-4-5-17-14-12(16)10(7-20-3)18-13(19-14)11-6-9(15)8(2)21-11/h6H,4-5,7H2,1-3H3,(H,17,18,19). The summed E-state index contributed by atoms with van der Waals surface area (Å²) in [5.74, 6) is 1.54. The van der Waals surface area contributed by atoms with E-state index in [1.807, 2.05) is 0 Å². The summed E-state index contributed by atoms with van der Waals surface area (Å²) in [7, 11) is 1.67. The molecule has 2 rings (SSSR count). The lowest BCUT2D eigenvalue weighted by Gasteiger charge is -2.11. The Labute approximate surface area is 145 Å². The molecule has 0 aliphatic heterocycles. The van der Waals surface area contributed by atoms with Gasteiger partial charge in [-0.05, 0) is 51.3 Å². The fraction of sp³-hybridized carbons (Fsp3) is 0.429. The molecule has 7 heteroatoms. The smallest absolute Gasteiger partial charge is 0.172 e. The summed E-state index contributed by atoms with van der Waals surface area (Å²) in [5.41, 5.74) is 0.850. The Bertz CT molecular complexity index is 611. The third-order valence-corrected chi connectivity index (χ3v) is 5.79. The highest BCUT2D eigenvalue weighted by Gasteiger charge is 2.15. The molecule has 1 N–H and O–H groups in total. The Morgan fingerprint density at radius 2 is 2.10 bits per heavy atom. The lowest BCUT2D eigenvalue weighted by molar-refractivity contribution is 0.181. The molecule has 2 aromatic rings. The topological polar surface area (TPSA) is 47.0 Å². The normalized spacial score (nSPS) is 10.9. The largest absolute Gasteiger partial charge is 0.378 e. The van der Waals surface area contributed by atoms with Crippen molar-refractivity contribution in [1.29, 1.82) is 0 Å². The van der Waals surface area contributed by atoms with Gasteiger partial charge in [-0.3, -0.25) is 0 Å². The molecular weight excluding hydrogens is 418 g/mol. The first kappa shape index (κ1) is 16.9. The first-order valence-corrected chi connectivity index (χ1v) is 9.02. The van der Waals surface area contributed by atoms with Gasteiger partial charge in [0.1, 0.15) is 5.82 Å². The Morgan fingerprint density at radius 1 is 1.33 bits per heavy atom. The van der Waals surface area contributed by atoms with Crippen LogP contribution in [-0.2, 0) is 11.3 Å². The van der Waals surface area contributed by atoms with Crippen LogP contribution < -0.4 is 5.32 Å². The Balaban J connectivity index is 2.47. The lowest BCUT2D eigenvalue weighted by atomic mass is 10.3. The summed E-state index contributed by atoms with van der Waals surface area (Å²) in [6.45, 7) is 5.51. The second kappa shape index (κ2) is 7.67. The van der Waals surface area contributed by atoms with E-state index in [4.69, 9.17) is 4.74 Å². The van der Waals surface area contributed by atoms with E-state index in [-0.39, 0.29) is 0 Å². The van der Waals surface area contributed by atoms with Gasteiger partial charge in [-0.1, -0.05) is 6.92 Å². The SMILES string of the molecule is CCCNc1nc(-c2cc(Br)c(C)s2)nc(COC)c1Br. The molecule has 21 heavy (non-hydrogen) atoms. The van der Waals surface area contributed by atoms with Crippen LogP contribution in [0.4, 0.5) is 5.82 Å². The molecule has 0 aliphatic rings. The van der Waals surface area contributed by atoms with Crippen molar-refractivity contribution in [3.05, 3.63) is 25.6 Å². The molecule has 0 radical (unpaired) electrons. The predicted octanol–water partition coefficient (Wildman–Crippen LogP) is 5.01. The van der Waals surface area contributed by atoms with Crippen molar-refractivity contribution < 1.29 is 4.74 Å². The predicted molar refractivity (Wildman–Crippen MR) is 95.0 cm³/mol. The van der Waals surface area contributed by atoms with Gasteiger partial charge in [0.2, 0.25) is 0 Å². The van der Waals surface area contributed by atoms with Crippen LogP contribution in [0.2, 0.25) is 0 Å². The average Bonchev–Trinajstić information content (AvgIpc) is 2.80. The monoisotopic (exact) mass is 433 g/mol. The highest BCUT2D eigenvalue weighted by Crippen LogP contribution is 2.34. The van der Waals surface area contributed by atoms with Crippen LogP contribution in [0, 0.1) is 6.92 Å². The summed E-state index contributed by atoms with van der Waals surface area (Å²) in [5, 5.41) is 3.33. The zero-order chi connectivity index (χ0) is 15.4. The molecule has 0 fully saturated rings. The first-order valence-electron chi connectivity index (χ1n) is 6.62. The molecule has 114 valence electrons. The van der Waals surface area contributed by atoms with Crippen LogP contribution in [0.3, 0.4) is 0 Å². The third kappa shape index (κ3) is 4.03. The number of aromatic nitrogens is 2. The summed E-state index contributed by atoms with van der Waals surface area (Å²) >= 11 is 8.79. The zero-order valence-corrected chi connectivity index (χ0v) is 16.2. The number of hydrogen-bond donors (Lipinski definition) is 1. The molecular formula is C14H17Br2N3OS. The van der Waals surface area contributed by atoms with E-state index in [1.165, 1.54) is 4.88 Å².